The molecule has 0 aliphatic carbocycles. The van der Waals surface area contributed by atoms with E-state index in [4.69, 9.17) is 5.73 Å². The van der Waals surface area contributed by atoms with Gasteiger partial charge in [-0.05, 0) is 63.4 Å². The van der Waals surface area contributed by atoms with E-state index in [1.807, 2.05) is 0 Å². The molecule has 2 N–H and O–H groups in total. The Labute approximate surface area is 163 Å². The lowest BCUT2D eigenvalue weighted by Crippen LogP contribution is -2.17. The lowest BCUT2D eigenvalue weighted by atomic mass is 10.0. The molecule has 0 atom stereocenters. The largest absolute Gasteiger partial charge is 0.397 e. The van der Waals surface area contributed by atoms with Gasteiger partial charge in [0.1, 0.15) is 17.3 Å². The second-order valence-electron chi connectivity index (χ2n) is 6.91. The van der Waals surface area contributed by atoms with Gasteiger partial charge in [0, 0.05) is 0 Å². The van der Waals surface area contributed by atoms with Crippen LogP contribution in [-0.2, 0) is 16.3 Å². The first-order chi connectivity index (χ1) is 13.1. The minimum Gasteiger partial charge on any atom is -0.397 e. The van der Waals surface area contributed by atoms with Gasteiger partial charge in [-0.25, -0.2) is 22.2 Å². The molecule has 0 spiro atoms. The number of ketones is 1. The number of rotatable bonds is 9. The zero-order valence-electron chi connectivity index (χ0n) is 15.9. The molecule has 0 aliphatic heterocycles. The van der Waals surface area contributed by atoms with Crippen LogP contribution in [-0.4, -0.2) is 30.2 Å². The number of aryl methyl sites for hydroxylation is 1. The van der Waals surface area contributed by atoms with Gasteiger partial charge in [0.05, 0.1) is 27.9 Å². The average Bonchev–Trinajstić information content (AvgIpc) is 2.64. The molecule has 2 aromatic rings. The number of hydrogen-bond donors (Lipinski definition) is 1. The van der Waals surface area contributed by atoms with Crippen molar-refractivity contribution in [3.63, 3.8) is 0 Å². The number of carbonyl (C=O) groups excluding carboxylic acids is 1. The van der Waals surface area contributed by atoms with Gasteiger partial charge in [-0.2, -0.15) is 0 Å². The van der Waals surface area contributed by atoms with Crippen molar-refractivity contribution in [2.75, 3.05) is 11.5 Å². The fourth-order valence-electron chi connectivity index (χ4n) is 2.66. The van der Waals surface area contributed by atoms with Crippen molar-refractivity contribution < 1.29 is 22.0 Å². The van der Waals surface area contributed by atoms with E-state index in [1.54, 1.807) is 13.8 Å². The molecule has 0 bridgehead atoms. The standard InChI is InChI=1S/C20H24F2N2O3S/c1-13(2)28(26,27)11-5-3-4-6-18-17(23)9-10-19(24-18)20(25)15-12-14(21)7-8-16(15)22/h7-10,12-13H,3-6,11,23H2,1-2H3. The van der Waals surface area contributed by atoms with Crippen LogP contribution in [0.3, 0.4) is 0 Å². The van der Waals surface area contributed by atoms with Crippen LogP contribution >= 0.6 is 0 Å². The first kappa shape index (κ1) is 21.9. The molecule has 1 aromatic carbocycles. The molecule has 0 saturated heterocycles. The Bertz CT molecular complexity index is 960. The predicted molar refractivity (Wildman–Crippen MR) is 105 cm³/mol. The highest BCUT2D eigenvalue weighted by atomic mass is 32.2. The molecule has 0 unspecified atom stereocenters. The molecule has 1 heterocycles. The molecule has 0 radical (unpaired) electrons. The molecular weight excluding hydrogens is 386 g/mol. The number of halogens is 2. The molecule has 2 rings (SSSR count). The summed E-state index contributed by atoms with van der Waals surface area (Å²) in [4.78, 5) is 16.7. The fourth-order valence-corrected chi connectivity index (χ4v) is 3.73. The predicted octanol–water partition coefficient (Wildman–Crippen LogP) is 3.71. The average molecular weight is 410 g/mol. The second kappa shape index (κ2) is 9.23. The van der Waals surface area contributed by atoms with Gasteiger partial charge in [0.2, 0.25) is 5.78 Å². The number of carbonyl (C=O) groups is 1. The Morgan fingerprint density at radius 2 is 1.82 bits per heavy atom. The van der Waals surface area contributed by atoms with Crippen LogP contribution in [0.2, 0.25) is 0 Å². The highest BCUT2D eigenvalue weighted by Gasteiger charge is 2.18. The molecule has 0 aliphatic rings. The highest BCUT2D eigenvalue weighted by Crippen LogP contribution is 2.18. The number of hydrogen-bond acceptors (Lipinski definition) is 5. The Balaban J connectivity index is 2.03. The van der Waals surface area contributed by atoms with Gasteiger partial charge in [-0.3, -0.25) is 4.79 Å². The maximum atomic E-state index is 13.8. The Morgan fingerprint density at radius 1 is 1.11 bits per heavy atom. The van der Waals surface area contributed by atoms with E-state index in [1.165, 1.54) is 12.1 Å². The molecule has 0 saturated carbocycles. The van der Waals surface area contributed by atoms with E-state index in [9.17, 15) is 22.0 Å². The summed E-state index contributed by atoms with van der Waals surface area (Å²) in [5.41, 5.74) is 6.37. The normalized spacial score (nSPS) is 11.8. The topological polar surface area (TPSA) is 90.1 Å². The van der Waals surface area contributed by atoms with Crippen molar-refractivity contribution in [3.8, 4) is 0 Å². The number of aromatic nitrogens is 1. The number of benzene rings is 1. The van der Waals surface area contributed by atoms with Gasteiger partial charge < -0.3 is 5.73 Å². The van der Waals surface area contributed by atoms with E-state index < -0.39 is 32.5 Å². The molecule has 8 heteroatoms. The summed E-state index contributed by atoms with van der Waals surface area (Å²) in [6.45, 7) is 3.31. The zero-order chi connectivity index (χ0) is 20.9. The fraction of sp³-hybridized carbons (Fsp3) is 0.400. The van der Waals surface area contributed by atoms with Crippen LogP contribution in [0.25, 0.3) is 0 Å². The number of pyridine rings is 1. The van der Waals surface area contributed by atoms with Crippen molar-refractivity contribution in [1.29, 1.82) is 0 Å². The van der Waals surface area contributed by atoms with E-state index in [2.05, 4.69) is 4.98 Å². The molecule has 28 heavy (non-hydrogen) atoms. The van der Waals surface area contributed by atoms with Crippen molar-refractivity contribution in [1.82, 2.24) is 4.98 Å². The summed E-state index contributed by atoms with van der Waals surface area (Å²) in [5, 5.41) is -0.393. The lowest BCUT2D eigenvalue weighted by Gasteiger charge is -2.09. The van der Waals surface area contributed by atoms with E-state index in [0.29, 0.717) is 37.1 Å². The second-order valence-corrected chi connectivity index (χ2v) is 9.59. The van der Waals surface area contributed by atoms with Gasteiger partial charge in [-0.1, -0.05) is 6.42 Å². The van der Waals surface area contributed by atoms with Gasteiger partial charge in [-0.15, -0.1) is 0 Å². The minimum absolute atomic E-state index is 0.0175. The molecule has 152 valence electrons. The molecular formula is C20H24F2N2O3S. The van der Waals surface area contributed by atoms with Crippen molar-refractivity contribution in [3.05, 3.63) is 58.9 Å². The van der Waals surface area contributed by atoms with E-state index in [-0.39, 0.29) is 17.0 Å². The van der Waals surface area contributed by atoms with Crippen molar-refractivity contribution >= 4 is 21.3 Å². The number of nitrogen functional groups attached to an aromatic ring is 1. The summed E-state index contributed by atoms with van der Waals surface area (Å²) >= 11 is 0. The van der Waals surface area contributed by atoms with Crippen molar-refractivity contribution in [2.24, 2.45) is 0 Å². The maximum Gasteiger partial charge on any atom is 0.214 e. The maximum absolute atomic E-state index is 13.8. The molecule has 5 nitrogen and oxygen atoms in total. The Morgan fingerprint density at radius 3 is 2.50 bits per heavy atom. The number of unbranched alkanes of at least 4 members (excludes halogenated alkanes) is 2. The number of nitrogens with two attached hydrogens (primary N) is 1. The smallest absolute Gasteiger partial charge is 0.214 e. The third-order valence-corrected chi connectivity index (χ3v) is 6.77. The lowest BCUT2D eigenvalue weighted by molar-refractivity contribution is 0.103. The summed E-state index contributed by atoms with van der Waals surface area (Å²) in [7, 11) is -3.06. The summed E-state index contributed by atoms with van der Waals surface area (Å²) in [5.74, 6) is -2.12. The Kier molecular flexibility index (Phi) is 7.23. The number of sulfone groups is 1. The summed E-state index contributed by atoms with van der Waals surface area (Å²) in [6.07, 6.45) is 2.31. The van der Waals surface area contributed by atoms with Crippen LogP contribution in [0.15, 0.2) is 30.3 Å². The van der Waals surface area contributed by atoms with Gasteiger partial charge >= 0.3 is 0 Å². The summed E-state index contributed by atoms with van der Waals surface area (Å²) in [6, 6.07) is 5.56. The highest BCUT2D eigenvalue weighted by molar-refractivity contribution is 7.91. The quantitative estimate of drug-likeness (QED) is 0.503. The Hall–Kier alpha value is -2.35. The van der Waals surface area contributed by atoms with Gasteiger partial charge in [0.15, 0.2) is 9.84 Å². The molecule has 0 fully saturated rings. The van der Waals surface area contributed by atoms with Gasteiger partial charge in [0.25, 0.3) is 0 Å². The van der Waals surface area contributed by atoms with Crippen LogP contribution in [0.1, 0.15) is 54.9 Å². The first-order valence-electron chi connectivity index (χ1n) is 9.08. The number of anilines is 1. The molecule has 0 amide bonds. The van der Waals surface area contributed by atoms with Crippen LogP contribution in [0.4, 0.5) is 14.5 Å². The van der Waals surface area contributed by atoms with E-state index in [0.717, 1.165) is 18.2 Å². The third-order valence-electron chi connectivity index (χ3n) is 4.48. The van der Waals surface area contributed by atoms with Crippen molar-refractivity contribution in [2.45, 2.75) is 44.8 Å². The zero-order valence-corrected chi connectivity index (χ0v) is 16.7. The minimum atomic E-state index is -3.06. The summed E-state index contributed by atoms with van der Waals surface area (Å²) < 4.78 is 50.8. The molecule has 1 aromatic heterocycles. The van der Waals surface area contributed by atoms with Crippen LogP contribution in [0, 0.1) is 11.6 Å². The van der Waals surface area contributed by atoms with Crippen LogP contribution < -0.4 is 5.73 Å². The van der Waals surface area contributed by atoms with E-state index >= 15 is 0 Å². The monoisotopic (exact) mass is 410 g/mol. The number of nitrogens with zero attached hydrogens (tertiary/aromatic N) is 1. The van der Waals surface area contributed by atoms with Crippen LogP contribution in [0.5, 0.6) is 0 Å². The first-order valence-corrected chi connectivity index (χ1v) is 10.8. The SMILES string of the molecule is CC(C)S(=O)(=O)CCCCCc1nc(C(=O)c2cc(F)ccc2F)ccc1N. The third kappa shape index (κ3) is 5.58.